The van der Waals surface area contributed by atoms with Crippen molar-refractivity contribution in [2.75, 3.05) is 23.0 Å². The number of thioether (sulfide) groups is 1. The Morgan fingerprint density at radius 1 is 1.18 bits per heavy atom. The fourth-order valence-electron chi connectivity index (χ4n) is 3.80. The third-order valence-electron chi connectivity index (χ3n) is 5.58. The van der Waals surface area contributed by atoms with Crippen molar-refractivity contribution >= 4 is 29.0 Å². The van der Waals surface area contributed by atoms with Crippen LogP contribution in [0.25, 0.3) is 0 Å². The van der Waals surface area contributed by atoms with Gasteiger partial charge in [0.15, 0.2) is 11.0 Å². The van der Waals surface area contributed by atoms with Crippen molar-refractivity contribution in [2.24, 2.45) is 0 Å². The largest absolute Gasteiger partial charge is 0.378 e. The molecule has 0 spiro atoms. The molecule has 2 heterocycles. The SMILES string of the molecule is Cc1cccc(C)c1NC(=O)CSc1nnc(CNc2ccc(F)cc2)n1CC1CCCO1. The number of benzene rings is 2. The highest BCUT2D eigenvalue weighted by molar-refractivity contribution is 7.99. The van der Waals surface area contributed by atoms with Gasteiger partial charge in [-0.2, -0.15) is 0 Å². The second kappa shape index (κ2) is 10.8. The number of aryl methyl sites for hydroxylation is 2. The molecule has 0 bridgehead atoms. The van der Waals surface area contributed by atoms with Crippen LogP contribution in [0.1, 0.15) is 29.8 Å². The summed E-state index contributed by atoms with van der Waals surface area (Å²) in [6.45, 7) is 5.79. The van der Waals surface area contributed by atoms with Crippen LogP contribution in [0.3, 0.4) is 0 Å². The molecule has 9 heteroatoms. The van der Waals surface area contributed by atoms with Gasteiger partial charge in [0.25, 0.3) is 0 Å². The van der Waals surface area contributed by atoms with Crippen LogP contribution in [0.15, 0.2) is 47.6 Å². The standard InChI is InChI=1S/C24H28FN5O2S/c1-16-5-3-6-17(2)23(16)27-22(31)15-33-24-29-28-21(30(24)14-20-7-4-12-32-20)13-26-19-10-8-18(25)9-11-19/h3,5-6,8-11,20,26H,4,7,12-15H2,1-2H3,(H,27,31). The van der Waals surface area contributed by atoms with Gasteiger partial charge in [0, 0.05) is 18.0 Å². The van der Waals surface area contributed by atoms with Crippen LogP contribution in [0, 0.1) is 19.7 Å². The summed E-state index contributed by atoms with van der Waals surface area (Å²) in [6.07, 6.45) is 2.13. The number of nitrogens with one attached hydrogen (secondary N) is 2. The first-order chi connectivity index (χ1) is 16.0. The van der Waals surface area contributed by atoms with Gasteiger partial charge in [0.2, 0.25) is 5.91 Å². The highest BCUT2D eigenvalue weighted by atomic mass is 32.2. The normalized spacial score (nSPS) is 15.5. The van der Waals surface area contributed by atoms with Crippen LogP contribution < -0.4 is 10.6 Å². The number of halogens is 1. The molecule has 1 saturated heterocycles. The Hall–Kier alpha value is -2.91. The number of aromatic nitrogens is 3. The number of nitrogens with zero attached hydrogens (tertiary/aromatic N) is 3. The van der Waals surface area contributed by atoms with Crippen molar-refractivity contribution in [3.8, 4) is 0 Å². The maximum absolute atomic E-state index is 13.2. The first-order valence-electron chi connectivity index (χ1n) is 11.0. The number of carbonyl (C=O) groups is 1. The molecule has 1 amide bonds. The summed E-state index contributed by atoms with van der Waals surface area (Å²) in [5, 5.41) is 15.6. The smallest absolute Gasteiger partial charge is 0.234 e. The minimum absolute atomic E-state index is 0.0879. The van der Waals surface area contributed by atoms with Crippen LogP contribution in [-0.2, 0) is 22.6 Å². The van der Waals surface area contributed by atoms with Crippen LogP contribution in [-0.4, -0.2) is 39.1 Å². The minimum atomic E-state index is -0.278. The van der Waals surface area contributed by atoms with Crippen LogP contribution in [0.2, 0.25) is 0 Å². The van der Waals surface area contributed by atoms with E-state index in [0.29, 0.717) is 18.2 Å². The Morgan fingerprint density at radius 2 is 1.94 bits per heavy atom. The molecule has 1 aliphatic rings. The van der Waals surface area contributed by atoms with Crippen molar-refractivity contribution in [1.82, 2.24) is 14.8 Å². The van der Waals surface area contributed by atoms with Crippen molar-refractivity contribution in [3.63, 3.8) is 0 Å². The number of anilines is 2. The van der Waals surface area contributed by atoms with Gasteiger partial charge in [0.05, 0.1) is 24.9 Å². The van der Waals surface area contributed by atoms with E-state index in [1.165, 1.54) is 23.9 Å². The summed E-state index contributed by atoms with van der Waals surface area (Å²) in [7, 11) is 0. The fraction of sp³-hybridized carbons (Fsp3) is 0.375. The molecule has 1 aromatic heterocycles. The molecule has 33 heavy (non-hydrogen) atoms. The summed E-state index contributed by atoms with van der Waals surface area (Å²) < 4.78 is 21.0. The van der Waals surface area contributed by atoms with E-state index in [1.807, 2.05) is 36.6 Å². The molecule has 4 rings (SSSR count). The van der Waals surface area contributed by atoms with E-state index in [1.54, 1.807) is 12.1 Å². The van der Waals surface area contributed by atoms with Gasteiger partial charge in [0.1, 0.15) is 5.82 Å². The van der Waals surface area contributed by atoms with Crippen molar-refractivity contribution in [1.29, 1.82) is 0 Å². The quantitative estimate of drug-likeness (QED) is 0.448. The maximum Gasteiger partial charge on any atom is 0.234 e. The van der Waals surface area contributed by atoms with Gasteiger partial charge in [-0.25, -0.2) is 4.39 Å². The molecule has 3 aromatic rings. The number of carbonyl (C=O) groups excluding carboxylic acids is 1. The zero-order chi connectivity index (χ0) is 23.2. The van der Waals surface area contributed by atoms with Crippen LogP contribution in [0.5, 0.6) is 0 Å². The Kier molecular flexibility index (Phi) is 7.61. The number of hydrogen-bond acceptors (Lipinski definition) is 6. The fourth-order valence-corrected chi connectivity index (χ4v) is 4.56. The van der Waals surface area contributed by atoms with Gasteiger partial charge >= 0.3 is 0 Å². The van der Waals surface area contributed by atoms with E-state index < -0.39 is 0 Å². The van der Waals surface area contributed by atoms with Crippen LogP contribution in [0.4, 0.5) is 15.8 Å². The Balaban J connectivity index is 1.43. The number of para-hydroxylation sites is 1. The summed E-state index contributed by atoms with van der Waals surface area (Å²) in [4.78, 5) is 12.6. The van der Waals surface area contributed by atoms with Crippen molar-refractivity contribution in [3.05, 3.63) is 65.2 Å². The van der Waals surface area contributed by atoms with Crippen LogP contribution >= 0.6 is 11.8 Å². The summed E-state index contributed by atoms with van der Waals surface area (Å²) in [5.74, 6) is 0.602. The molecule has 2 N–H and O–H groups in total. The second-order valence-electron chi connectivity index (χ2n) is 8.11. The predicted octanol–water partition coefficient (Wildman–Crippen LogP) is 4.56. The van der Waals surface area contributed by atoms with E-state index in [-0.39, 0.29) is 23.6 Å². The first-order valence-corrected chi connectivity index (χ1v) is 12.0. The lowest BCUT2D eigenvalue weighted by Crippen LogP contribution is -2.20. The molecule has 1 aliphatic heterocycles. The van der Waals surface area contributed by atoms with E-state index in [2.05, 4.69) is 20.8 Å². The number of rotatable bonds is 9. The summed E-state index contributed by atoms with van der Waals surface area (Å²) >= 11 is 1.36. The molecule has 0 aliphatic carbocycles. The average molecular weight is 470 g/mol. The molecule has 1 unspecified atom stereocenters. The van der Waals surface area contributed by atoms with Gasteiger partial charge < -0.3 is 19.9 Å². The van der Waals surface area contributed by atoms with Gasteiger partial charge in [-0.3, -0.25) is 4.79 Å². The molecule has 0 saturated carbocycles. The molecule has 1 atom stereocenters. The zero-order valence-electron chi connectivity index (χ0n) is 18.8. The molecule has 174 valence electrons. The van der Waals surface area contributed by atoms with Crippen molar-refractivity contribution in [2.45, 2.75) is 51.0 Å². The lowest BCUT2D eigenvalue weighted by molar-refractivity contribution is -0.113. The second-order valence-corrected chi connectivity index (χ2v) is 9.05. The molecule has 0 radical (unpaired) electrons. The van der Waals surface area contributed by atoms with Crippen molar-refractivity contribution < 1.29 is 13.9 Å². The Bertz CT molecular complexity index is 1080. The number of ether oxygens (including phenoxy) is 1. The van der Waals surface area contributed by atoms with Gasteiger partial charge in [-0.1, -0.05) is 30.0 Å². The first kappa shape index (κ1) is 23.3. The topological polar surface area (TPSA) is 81.1 Å². The van der Waals surface area contributed by atoms with Gasteiger partial charge in [-0.05, 0) is 62.1 Å². The molecular formula is C24H28FN5O2S. The third-order valence-corrected chi connectivity index (χ3v) is 6.54. The Labute approximate surface area is 197 Å². The highest BCUT2D eigenvalue weighted by Gasteiger charge is 2.21. The maximum atomic E-state index is 13.2. The average Bonchev–Trinajstić information content (AvgIpc) is 3.45. The molecular weight excluding hydrogens is 441 g/mol. The molecule has 2 aromatic carbocycles. The number of amides is 1. The zero-order valence-corrected chi connectivity index (χ0v) is 19.6. The predicted molar refractivity (Wildman–Crippen MR) is 128 cm³/mol. The molecule has 7 nitrogen and oxygen atoms in total. The minimum Gasteiger partial charge on any atom is -0.378 e. The highest BCUT2D eigenvalue weighted by Crippen LogP contribution is 2.24. The summed E-state index contributed by atoms with van der Waals surface area (Å²) in [6, 6.07) is 12.1. The van der Waals surface area contributed by atoms with Gasteiger partial charge in [-0.15, -0.1) is 10.2 Å². The monoisotopic (exact) mass is 469 g/mol. The van der Waals surface area contributed by atoms with E-state index >= 15 is 0 Å². The lowest BCUT2D eigenvalue weighted by Gasteiger charge is -2.15. The van der Waals surface area contributed by atoms with E-state index in [4.69, 9.17) is 4.74 Å². The summed E-state index contributed by atoms with van der Waals surface area (Å²) in [5.41, 5.74) is 3.71. The molecule has 1 fully saturated rings. The lowest BCUT2D eigenvalue weighted by atomic mass is 10.1. The van der Waals surface area contributed by atoms with E-state index in [0.717, 1.165) is 47.8 Å². The third kappa shape index (κ3) is 6.11. The number of hydrogen-bond donors (Lipinski definition) is 2. The Morgan fingerprint density at radius 3 is 2.64 bits per heavy atom. The van der Waals surface area contributed by atoms with E-state index in [9.17, 15) is 9.18 Å².